The van der Waals surface area contributed by atoms with E-state index >= 15 is 0 Å². The van der Waals surface area contributed by atoms with Gasteiger partial charge < -0.3 is 14.3 Å². The van der Waals surface area contributed by atoms with Crippen LogP contribution in [0, 0.1) is 12.8 Å². The summed E-state index contributed by atoms with van der Waals surface area (Å²) in [5.74, 6) is 1.14. The van der Waals surface area contributed by atoms with Crippen LogP contribution in [0.4, 0.5) is 5.69 Å². The Labute approximate surface area is 175 Å². The zero-order valence-corrected chi connectivity index (χ0v) is 17.7. The van der Waals surface area contributed by atoms with E-state index in [4.69, 9.17) is 4.42 Å². The summed E-state index contributed by atoms with van der Waals surface area (Å²) in [4.78, 5) is 26.8. The summed E-state index contributed by atoms with van der Waals surface area (Å²) >= 11 is 0. The minimum Gasteiger partial charge on any atom is -0.465 e. The van der Waals surface area contributed by atoms with Crippen LogP contribution in [0.2, 0.25) is 0 Å². The molecule has 0 aliphatic carbocycles. The van der Waals surface area contributed by atoms with Gasteiger partial charge in [0.05, 0.1) is 23.6 Å². The van der Waals surface area contributed by atoms with Crippen LogP contribution in [0.1, 0.15) is 43.8 Å². The number of benzene rings is 1. The molecule has 154 valence electrons. The van der Waals surface area contributed by atoms with E-state index in [-0.39, 0.29) is 24.3 Å². The Bertz CT molecular complexity index is 1230. The Morgan fingerprint density at radius 3 is 2.73 bits per heavy atom. The van der Waals surface area contributed by atoms with Gasteiger partial charge in [0.15, 0.2) is 0 Å². The maximum absolute atomic E-state index is 13.3. The molecule has 4 heterocycles. The molecular formula is C24H25N3O3. The van der Waals surface area contributed by atoms with Crippen molar-refractivity contribution in [3.05, 3.63) is 64.9 Å². The van der Waals surface area contributed by atoms with Crippen molar-refractivity contribution >= 4 is 28.4 Å². The standard InChI is InChI=1S/C24H25N3O3/c1-13(2)10-26-11-16-21-17(6-5-7-19(21)26)25-18-12-27(15(4)28)24(29)23(18)22(16)20-9-8-14(3)30-20/h5-9,11,13,22,25H,10,12H2,1-4H3. The first-order valence-corrected chi connectivity index (χ1v) is 10.4. The van der Waals surface area contributed by atoms with Crippen LogP contribution in [0.25, 0.3) is 10.9 Å². The van der Waals surface area contributed by atoms with E-state index in [1.54, 1.807) is 0 Å². The molecule has 0 saturated heterocycles. The van der Waals surface area contributed by atoms with Gasteiger partial charge in [-0.05, 0) is 42.7 Å². The number of carbonyl (C=O) groups is 2. The average Bonchev–Trinajstić information content (AvgIpc) is 3.32. The van der Waals surface area contributed by atoms with E-state index in [2.05, 4.69) is 36.0 Å². The number of hydrogen-bond donors (Lipinski definition) is 1. The Morgan fingerprint density at radius 2 is 2.07 bits per heavy atom. The third-order valence-corrected chi connectivity index (χ3v) is 5.93. The number of rotatable bonds is 3. The van der Waals surface area contributed by atoms with Crippen molar-refractivity contribution < 1.29 is 14.0 Å². The molecule has 0 fully saturated rings. The predicted molar refractivity (Wildman–Crippen MR) is 115 cm³/mol. The minimum absolute atomic E-state index is 0.249. The van der Waals surface area contributed by atoms with E-state index < -0.39 is 0 Å². The molecule has 2 amide bonds. The molecule has 0 bridgehead atoms. The summed E-state index contributed by atoms with van der Waals surface area (Å²) < 4.78 is 8.30. The van der Waals surface area contributed by atoms with Gasteiger partial charge in [0.25, 0.3) is 5.91 Å². The average molecular weight is 403 g/mol. The number of aromatic nitrogens is 1. The van der Waals surface area contributed by atoms with Crippen molar-refractivity contribution in [2.45, 2.75) is 40.2 Å². The van der Waals surface area contributed by atoms with Crippen LogP contribution in [0.5, 0.6) is 0 Å². The molecule has 1 unspecified atom stereocenters. The van der Waals surface area contributed by atoms with Gasteiger partial charge in [0.2, 0.25) is 5.91 Å². The molecule has 0 spiro atoms. The largest absolute Gasteiger partial charge is 0.465 e. The normalized spacial score (nSPS) is 18.2. The zero-order valence-electron chi connectivity index (χ0n) is 17.7. The highest BCUT2D eigenvalue weighted by Crippen LogP contribution is 2.46. The molecule has 2 aliphatic rings. The number of nitrogens with zero attached hydrogens (tertiary/aromatic N) is 2. The van der Waals surface area contributed by atoms with Crippen LogP contribution in [0.15, 0.2) is 52.2 Å². The first kappa shape index (κ1) is 18.7. The second-order valence-electron chi connectivity index (χ2n) is 8.64. The van der Waals surface area contributed by atoms with Crippen molar-refractivity contribution in [1.29, 1.82) is 0 Å². The van der Waals surface area contributed by atoms with Gasteiger partial charge >= 0.3 is 0 Å². The predicted octanol–water partition coefficient (Wildman–Crippen LogP) is 4.40. The topological polar surface area (TPSA) is 67.5 Å². The smallest absolute Gasteiger partial charge is 0.259 e. The summed E-state index contributed by atoms with van der Waals surface area (Å²) in [6.07, 6.45) is 2.15. The van der Waals surface area contributed by atoms with Gasteiger partial charge in [-0.1, -0.05) is 19.9 Å². The van der Waals surface area contributed by atoms with Gasteiger partial charge in [-0.15, -0.1) is 0 Å². The summed E-state index contributed by atoms with van der Waals surface area (Å²) in [5.41, 5.74) is 4.50. The van der Waals surface area contributed by atoms with Crippen molar-refractivity contribution in [3.8, 4) is 0 Å². The number of imide groups is 1. The van der Waals surface area contributed by atoms with Crippen LogP contribution >= 0.6 is 0 Å². The van der Waals surface area contributed by atoms with Crippen LogP contribution < -0.4 is 5.32 Å². The lowest BCUT2D eigenvalue weighted by Gasteiger charge is -2.17. The molecule has 1 atom stereocenters. The van der Waals surface area contributed by atoms with E-state index in [0.29, 0.717) is 11.5 Å². The number of hydrogen-bond acceptors (Lipinski definition) is 4. The van der Waals surface area contributed by atoms with Gasteiger partial charge in [-0.3, -0.25) is 14.5 Å². The number of amides is 2. The van der Waals surface area contributed by atoms with Crippen molar-refractivity contribution in [2.24, 2.45) is 5.92 Å². The molecule has 1 N–H and O–H groups in total. The SMILES string of the molecule is CC(=O)N1CC2=C(C1=O)C(c1ccc(C)o1)c1cn(CC(C)C)c3cccc(c13)N2. The second kappa shape index (κ2) is 6.62. The van der Waals surface area contributed by atoms with E-state index in [1.165, 1.54) is 11.8 Å². The fourth-order valence-electron chi connectivity index (χ4n) is 4.72. The highest BCUT2D eigenvalue weighted by molar-refractivity contribution is 6.11. The quantitative estimate of drug-likeness (QED) is 0.704. The monoisotopic (exact) mass is 403 g/mol. The van der Waals surface area contributed by atoms with Crippen LogP contribution in [-0.4, -0.2) is 27.8 Å². The molecule has 1 aromatic carbocycles. The van der Waals surface area contributed by atoms with E-state index in [9.17, 15) is 9.59 Å². The lowest BCUT2D eigenvalue weighted by atomic mass is 9.88. The maximum atomic E-state index is 13.3. The molecule has 6 heteroatoms. The summed E-state index contributed by atoms with van der Waals surface area (Å²) in [5, 5.41) is 4.59. The molecule has 6 nitrogen and oxygen atoms in total. The van der Waals surface area contributed by atoms with E-state index in [1.807, 2.05) is 31.2 Å². The lowest BCUT2D eigenvalue weighted by Crippen LogP contribution is -2.33. The second-order valence-corrected chi connectivity index (χ2v) is 8.64. The first-order chi connectivity index (χ1) is 14.3. The fourth-order valence-corrected chi connectivity index (χ4v) is 4.72. The molecule has 2 aliphatic heterocycles. The molecule has 3 aromatic rings. The van der Waals surface area contributed by atoms with Gasteiger partial charge in [-0.2, -0.15) is 0 Å². The molecule has 2 aromatic heterocycles. The number of aryl methyl sites for hydroxylation is 1. The van der Waals surface area contributed by atoms with Crippen LogP contribution in [0.3, 0.4) is 0 Å². The third kappa shape index (κ3) is 2.70. The third-order valence-electron chi connectivity index (χ3n) is 5.93. The molecule has 0 radical (unpaired) electrons. The Hall–Kier alpha value is -3.28. The molecule has 5 rings (SSSR count). The highest BCUT2D eigenvalue weighted by Gasteiger charge is 2.42. The number of nitrogens with one attached hydrogen (secondary N) is 1. The van der Waals surface area contributed by atoms with Crippen molar-refractivity contribution in [2.75, 3.05) is 11.9 Å². The van der Waals surface area contributed by atoms with Crippen molar-refractivity contribution in [3.63, 3.8) is 0 Å². The van der Waals surface area contributed by atoms with E-state index in [0.717, 1.165) is 45.9 Å². The summed E-state index contributed by atoms with van der Waals surface area (Å²) in [6.45, 7) is 8.86. The Morgan fingerprint density at radius 1 is 1.27 bits per heavy atom. The number of carbonyl (C=O) groups excluding carboxylic acids is 2. The summed E-state index contributed by atoms with van der Waals surface area (Å²) in [6, 6.07) is 10.0. The number of furan rings is 1. The summed E-state index contributed by atoms with van der Waals surface area (Å²) in [7, 11) is 0. The molecule has 30 heavy (non-hydrogen) atoms. The minimum atomic E-state index is -0.363. The van der Waals surface area contributed by atoms with Gasteiger partial charge in [-0.25, -0.2) is 0 Å². The molecular weight excluding hydrogens is 378 g/mol. The van der Waals surface area contributed by atoms with Gasteiger partial charge in [0, 0.05) is 36.4 Å². The Balaban J connectivity index is 1.79. The maximum Gasteiger partial charge on any atom is 0.259 e. The zero-order chi connectivity index (χ0) is 21.2. The first-order valence-electron chi connectivity index (χ1n) is 10.4. The lowest BCUT2D eigenvalue weighted by molar-refractivity contribution is -0.139. The fraction of sp³-hybridized carbons (Fsp3) is 0.333. The van der Waals surface area contributed by atoms with Crippen molar-refractivity contribution in [1.82, 2.24) is 9.47 Å². The highest BCUT2D eigenvalue weighted by atomic mass is 16.3. The van der Waals surface area contributed by atoms with Crippen LogP contribution in [-0.2, 0) is 16.1 Å². The van der Waals surface area contributed by atoms with Gasteiger partial charge in [0.1, 0.15) is 11.5 Å². The molecule has 0 saturated carbocycles. The number of anilines is 1. The Kier molecular flexibility index (Phi) is 4.13.